The molecule has 5 nitrogen and oxygen atoms in total. The number of amides is 2. The highest BCUT2D eigenvalue weighted by Gasteiger charge is 2.19. The molecule has 1 unspecified atom stereocenters. The first kappa shape index (κ1) is 15.5. The van der Waals surface area contributed by atoms with E-state index in [1.807, 2.05) is 24.3 Å². The molecule has 1 aliphatic carbocycles. The summed E-state index contributed by atoms with van der Waals surface area (Å²) >= 11 is 0. The highest BCUT2D eigenvalue weighted by Crippen LogP contribution is 2.34. The largest absolute Gasteiger partial charge is 0.393 e. The van der Waals surface area contributed by atoms with Gasteiger partial charge in [0.1, 0.15) is 0 Å². The third kappa shape index (κ3) is 3.19. The summed E-state index contributed by atoms with van der Waals surface area (Å²) in [5, 5.41) is 16.5. The average Bonchev–Trinajstić information content (AvgIpc) is 2.94. The Labute approximate surface area is 134 Å². The van der Waals surface area contributed by atoms with E-state index in [0.29, 0.717) is 12.1 Å². The molecule has 5 heteroatoms. The Kier molecular flexibility index (Phi) is 4.30. The second kappa shape index (κ2) is 6.38. The Morgan fingerprint density at radius 1 is 1.13 bits per heavy atom. The van der Waals surface area contributed by atoms with E-state index >= 15 is 0 Å². The minimum absolute atomic E-state index is 0.272. The standard InChI is InChI=1S/C18H20N2O3/c1-11(21)9-10-19-17(22)18(23)20-15-8-7-13-6-5-12-3-2-4-14(15)16(12)13/h2-4,7-8,11,21H,5-6,9-10H2,1H3,(H,19,22)(H,20,23). The van der Waals surface area contributed by atoms with Gasteiger partial charge in [0, 0.05) is 17.6 Å². The minimum atomic E-state index is -0.686. The number of nitrogens with one attached hydrogen (secondary N) is 2. The van der Waals surface area contributed by atoms with Gasteiger partial charge in [0.2, 0.25) is 0 Å². The summed E-state index contributed by atoms with van der Waals surface area (Å²) in [6.07, 6.45) is 1.95. The van der Waals surface area contributed by atoms with Crippen LogP contribution < -0.4 is 10.6 Å². The second-order valence-electron chi connectivity index (χ2n) is 5.96. The first-order chi connectivity index (χ1) is 11.1. The van der Waals surface area contributed by atoms with E-state index in [-0.39, 0.29) is 6.54 Å². The van der Waals surface area contributed by atoms with Crippen LogP contribution in [0.1, 0.15) is 24.5 Å². The van der Waals surface area contributed by atoms with Crippen LogP contribution >= 0.6 is 0 Å². The van der Waals surface area contributed by atoms with Gasteiger partial charge in [0.15, 0.2) is 0 Å². The summed E-state index contributed by atoms with van der Waals surface area (Å²) < 4.78 is 0. The van der Waals surface area contributed by atoms with Crippen molar-refractivity contribution in [1.82, 2.24) is 5.32 Å². The van der Waals surface area contributed by atoms with Gasteiger partial charge in [-0.3, -0.25) is 9.59 Å². The Balaban J connectivity index is 1.75. The molecule has 0 fully saturated rings. The van der Waals surface area contributed by atoms with Gasteiger partial charge in [-0.1, -0.05) is 24.3 Å². The van der Waals surface area contributed by atoms with Crippen LogP contribution in [0.4, 0.5) is 5.69 Å². The van der Waals surface area contributed by atoms with E-state index in [4.69, 9.17) is 5.11 Å². The highest BCUT2D eigenvalue weighted by molar-refractivity contribution is 6.40. The van der Waals surface area contributed by atoms with Crippen LogP contribution in [0, 0.1) is 0 Å². The predicted octanol–water partition coefficient (Wildman–Crippen LogP) is 1.76. The van der Waals surface area contributed by atoms with Gasteiger partial charge in [0.05, 0.1) is 6.10 Å². The maximum Gasteiger partial charge on any atom is 0.313 e. The van der Waals surface area contributed by atoms with Gasteiger partial charge in [-0.2, -0.15) is 0 Å². The molecule has 3 N–H and O–H groups in total. The molecule has 23 heavy (non-hydrogen) atoms. The number of anilines is 1. The maximum atomic E-state index is 12.0. The Morgan fingerprint density at radius 3 is 2.61 bits per heavy atom. The van der Waals surface area contributed by atoms with E-state index < -0.39 is 17.9 Å². The minimum Gasteiger partial charge on any atom is -0.393 e. The number of aryl methyl sites for hydroxylation is 2. The van der Waals surface area contributed by atoms with Crippen LogP contribution in [-0.2, 0) is 22.4 Å². The monoisotopic (exact) mass is 312 g/mol. The summed E-state index contributed by atoms with van der Waals surface area (Å²) in [5.74, 6) is -1.37. The molecular formula is C18H20N2O3. The van der Waals surface area contributed by atoms with Crippen LogP contribution in [0.25, 0.3) is 10.8 Å². The fraction of sp³-hybridized carbons (Fsp3) is 0.333. The smallest absolute Gasteiger partial charge is 0.313 e. The van der Waals surface area contributed by atoms with Crippen LogP contribution in [0.3, 0.4) is 0 Å². The van der Waals surface area contributed by atoms with Gasteiger partial charge in [0.25, 0.3) is 0 Å². The van der Waals surface area contributed by atoms with Crippen LogP contribution in [0.5, 0.6) is 0 Å². The van der Waals surface area contributed by atoms with E-state index in [0.717, 1.165) is 18.2 Å². The molecule has 1 aliphatic rings. The molecule has 120 valence electrons. The molecule has 0 aliphatic heterocycles. The molecule has 2 amide bonds. The zero-order valence-electron chi connectivity index (χ0n) is 13.1. The molecule has 0 spiro atoms. The van der Waals surface area contributed by atoms with Crippen LogP contribution in [0.2, 0.25) is 0 Å². The van der Waals surface area contributed by atoms with Crippen molar-refractivity contribution >= 4 is 28.3 Å². The summed E-state index contributed by atoms with van der Waals surface area (Å²) in [7, 11) is 0. The average molecular weight is 312 g/mol. The lowest BCUT2D eigenvalue weighted by molar-refractivity contribution is -0.136. The van der Waals surface area contributed by atoms with Crippen molar-refractivity contribution in [3.8, 4) is 0 Å². The van der Waals surface area contributed by atoms with Crippen molar-refractivity contribution in [3.05, 3.63) is 41.5 Å². The number of carbonyl (C=O) groups is 2. The lowest BCUT2D eigenvalue weighted by Gasteiger charge is -2.11. The SMILES string of the molecule is CC(O)CCNC(=O)C(=O)Nc1ccc2c3c(cccc13)CC2. The number of rotatable bonds is 4. The van der Waals surface area contributed by atoms with Crippen LogP contribution in [0.15, 0.2) is 30.3 Å². The Hall–Kier alpha value is -2.40. The molecule has 0 saturated heterocycles. The number of hydrogen-bond acceptors (Lipinski definition) is 3. The third-order valence-corrected chi connectivity index (χ3v) is 4.18. The topological polar surface area (TPSA) is 78.4 Å². The fourth-order valence-electron chi connectivity index (χ4n) is 3.01. The normalized spacial score (nSPS) is 13.8. The van der Waals surface area contributed by atoms with Crippen LogP contribution in [-0.4, -0.2) is 29.6 Å². The number of aliphatic hydroxyl groups is 1. The van der Waals surface area contributed by atoms with Gasteiger partial charge >= 0.3 is 11.8 Å². The van der Waals surface area contributed by atoms with E-state index in [1.54, 1.807) is 6.92 Å². The molecule has 0 radical (unpaired) electrons. The second-order valence-corrected chi connectivity index (χ2v) is 5.96. The van der Waals surface area contributed by atoms with Crippen molar-refractivity contribution in [1.29, 1.82) is 0 Å². The third-order valence-electron chi connectivity index (χ3n) is 4.18. The van der Waals surface area contributed by atoms with Gasteiger partial charge in [-0.25, -0.2) is 0 Å². The Bertz CT molecular complexity index is 758. The highest BCUT2D eigenvalue weighted by atomic mass is 16.3. The molecular weight excluding hydrogens is 292 g/mol. The molecule has 0 aromatic heterocycles. The first-order valence-electron chi connectivity index (χ1n) is 7.87. The molecule has 0 bridgehead atoms. The van der Waals surface area contributed by atoms with Crippen molar-refractivity contribution in [2.45, 2.75) is 32.3 Å². The lowest BCUT2D eigenvalue weighted by atomic mass is 10.0. The zero-order chi connectivity index (χ0) is 16.4. The zero-order valence-corrected chi connectivity index (χ0v) is 13.1. The molecule has 2 aromatic rings. The lowest BCUT2D eigenvalue weighted by Crippen LogP contribution is -2.36. The molecule has 1 atom stereocenters. The van der Waals surface area contributed by atoms with Gasteiger partial charge in [-0.05, 0) is 48.8 Å². The van der Waals surface area contributed by atoms with Crippen molar-refractivity contribution in [2.75, 3.05) is 11.9 Å². The molecule has 0 saturated carbocycles. The number of hydrogen-bond donors (Lipinski definition) is 3. The number of aliphatic hydroxyl groups excluding tert-OH is 1. The summed E-state index contributed by atoms with van der Waals surface area (Å²) in [6.45, 7) is 1.91. The fourth-order valence-corrected chi connectivity index (χ4v) is 3.01. The van der Waals surface area contributed by atoms with E-state index in [1.165, 1.54) is 16.5 Å². The van der Waals surface area contributed by atoms with E-state index in [2.05, 4.69) is 16.7 Å². The molecule has 2 aromatic carbocycles. The summed E-state index contributed by atoms with van der Waals surface area (Å²) in [6, 6.07) is 9.92. The Morgan fingerprint density at radius 2 is 1.87 bits per heavy atom. The maximum absolute atomic E-state index is 12.0. The van der Waals surface area contributed by atoms with Crippen molar-refractivity contribution in [3.63, 3.8) is 0 Å². The summed E-state index contributed by atoms with van der Waals surface area (Å²) in [5.41, 5.74) is 3.23. The van der Waals surface area contributed by atoms with Crippen molar-refractivity contribution in [2.24, 2.45) is 0 Å². The molecule has 0 heterocycles. The molecule has 3 rings (SSSR count). The quantitative estimate of drug-likeness (QED) is 0.753. The predicted molar refractivity (Wildman–Crippen MR) is 89.3 cm³/mol. The summed E-state index contributed by atoms with van der Waals surface area (Å²) in [4.78, 5) is 23.8. The van der Waals surface area contributed by atoms with Gasteiger partial charge in [-0.15, -0.1) is 0 Å². The van der Waals surface area contributed by atoms with Crippen molar-refractivity contribution < 1.29 is 14.7 Å². The van der Waals surface area contributed by atoms with Gasteiger partial charge < -0.3 is 15.7 Å². The number of benzene rings is 2. The number of carbonyl (C=O) groups excluding carboxylic acids is 2. The van der Waals surface area contributed by atoms with E-state index in [9.17, 15) is 9.59 Å². The first-order valence-corrected chi connectivity index (χ1v) is 7.87.